The van der Waals surface area contributed by atoms with E-state index >= 15 is 0 Å². The molecule has 0 bridgehead atoms. The van der Waals surface area contributed by atoms with Crippen molar-refractivity contribution in [2.75, 3.05) is 0 Å². The van der Waals surface area contributed by atoms with Crippen LogP contribution in [0.15, 0.2) is 54.6 Å². The van der Waals surface area contributed by atoms with E-state index in [1.165, 1.54) is 21.2 Å². The van der Waals surface area contributed by atoms with E-state index in [4.69, 9.17) is 0 Å². The largest absolute Gasteiger partial charge is 0.473 e. The number of halogens is 1. The molecule has 0 unspecified atom stereocenters. The first kappa shape index (κ1) is 11.2. The topological polar surface area (TPSA) is 0 Å². The lowest BCUT2D eigenvalue weighted by atomic mass is 10.0. The highest BCUT2D eigenvalue weighted by atomic mass is 79.9. The summed E-state index contributed by atoms with van der Waals surface area (Å²) in [5.41, 5.74) is 4.04. The summed E-state index contributed by atoms with van der Waals surface area (Å²) in [7, 11) is 0. The summed E-state index contributed by atoms with van der Waals surface area (Å²) in [5.74, 6) is 0. The Balaban J connectivity index is 2.24. The van der Waals surface area contributed by atoms with Crippen LogP contribution < -0.4 is 0 Å². The molecule has 0 heterocycles. The number of rotatable bonds is 3. The fraction of sp³-hybridized carbons (Fsp3) is 0.0769. The molecule has 0 saturated carbocycles. The van der Waals surface area contributed by atoms with E-state index in [1.54, 1.807) is 0 Å². The monoisotopic (exact) mass is 270 g/mol. The second-order valence-electron chi connectivity index (χ2n) is 3.50. The van der Waals surface area contributed by atoms with Gasteiger partial charge in [-0.05, 0) is 11.1 Å². The van der Waals surface area contributed by atoms with Crippen LogP contribution in [-0.4, -0.2) is 18.2 Å². The van der Waals surface area contributed by atoms with Crippen LogP contribution in [0.2, 0.25) is 0 Å². The maximum atomic E-state index is 3.59. The van der Waals surface area contributed by atoms with Gasteiger partial charge in [-0.1, -0.05) is 60.2 Å². The summed E-state index contributed by atoms with van der Waals surface area (Å²) >= 11 is 3.54. The predicted octanol–water partition coefficient (Wildman–Crippen LogP) is 3.87. The first-order valence-electron chi connectivity index (χ1n) is 5.10. The van der Waals surface area contributed by atoms with Crippen molar-refractivity contribution in [2.45, 2.75) is 4.55 Å². The molecule has 0 fully saturated rings. The molecule has 0 aromatic heterocycles. The van der Waals surface area contributed by atoms with Gasteiger partial charge in [0.05, 0.1) is 0 Å². The van der Waals surface area contributed by atoms with E-state index in [0.717, 1.165) is 0 Å². The molecule has 2 aromatic carbocycles. The molecule has 0 aliphatic heterocycles. The van der Waals surface area contributed by atoms with Crippen LogP contribution >= 0.6 is 12.9 Å². The van der Waals surface area contributed by atoms with Gasteiger partial charge in [-0.25, -0.2) is 0 Å². The average Bonchev–Trinajstić information content (AvgIpc) is 2.32. The van der Waals surface area contributed by atoms with E-state index in [9.17, 15) is 0 Å². The van der Waals surface area contributed by atoms with Gasteiger partial charge in [0.25, 0.3) is 0 Å². The van der Waals surface area contributed by atoms with Crippen LogP contribution in [0, 0.1) is 0 Å². The number of hydrogen-bond acceptors (Lipinski definition) is 0. The number of hydrogen-bond donors (Lipinski definition) is 0. The third-order valence-corrected chi connectivity index (χ3v) is 4.40. The van der Waals surface area contributed by atoms with Gasteiger partial charge in [-0.15, -0.1) is 4.55 Å². The molecule has 0 spiro atoms. The highest BCUT2D eigenvalue weighted by molar-refractivity contribution is 9.23. The summed E-state index contributed by atoms with van der Waals surface area (Å²) in [6, 6.07) is 19.4. The lowest BCUT2D eigenvalue weighted by Gasteiger charge is -2.02. The summed E-state index contributed by atoms with van der Waals surface area (Å²) < 4.78 is 1.23. The predicted molar refractivity (Wildman–Crippen MR) is 70.3 cm³/mol. The normalized spacial score (nSPS) is 9.67. The molecule has 72 valence electrons. The minimum Gasteiger partial charge on any atom is -0.306 e. The van der Waals surface area contributed by atoms with E-state index in [2.05, 4.69) is 61.4 Å². The second kappa shape index (κ2) is 5.68. The molecule has 15 heavy (non-hydrogen) atoms. The molecular weight excluding hydrogens is 260 g/mol. The Bertz CT molecular complexity index is 408. The molecule has 0 atom stereocenters. The third kappa shape index (κ3) is 3.07. The zero-order chi connectivity index (χ0) is 10.5. The second-order valence-corrected chi connectivity index (χ2v) is 6.76. The van der Waals surface area contributed by atoms with Gasteiger partial charge in [0.1, 0.15) is 0 Å². The maximum Gasteiger partial charge on any atom is 0.473 e. The van der Waals surface area contributed by atoms with Crippen LogP contribution in [0.3, 0.4) is 0 Å². The average molecular weight is 271 g/mol. The van der Waals surface area contributed by atoms with E-state index in [-0.39, 0.29) is 18.2 Å². The van der Waals surface area contributed by atoms with Gasteiger partial charge in [-0.3, -0.25) is 0 Å². The van der Waals surface area contributed by atoms with E-state index < -0.39 is 0 Å². The minimum absolute atomic E-state index is 0.0469. The van der Waals surface area contributed by atoms with Crippen molar-refractivity contribution < 1.29 is 0 Å². The molecule has 0 amide bonds. The van der Waals surface area contributed by atoms with E-state index in [1.807, 2.05) is 6.07 Å². The molecule has 0 saturated heterocycles. The molecule has 0 aliphatic rings. The molecule has 0 N–H and O–H groups in total. The van der Waals surface area contributed by atoms with Crippen LogP contribution in [0.1, 0.15) is 5.56 Å². The van der Waals surface area contributed by atoms with Crippen LogP contribution in [0.25, 0.3) is 11.1 Å². The molecule has 0 nitrogen and oxygen atoms in total. The number of benzene rings is 2. The van der Waals surface area contributed by atoms with Crippen molar-refractivity contribution in [3.8, 4) is 11.1 Å². The standard InChI is InChI=1S/C13H11.BrH.Mg/c1-11-7-9-13(10-8-11)12-5-3-2-4-6-12;;/h2-10H,1H2;1H;/q;;+1/p-1. The zero-order valence-electron chi connectivity index (χ0n) is 8.49. The Hall–Kier alpha value is -0.314. The van der Waals surface area contributed by atoms with Gasteiger partial charge in [0.15, 0.2) is 0 Å². The van der Waals surface area contributed by atoms with Crippen LogP contribution in [0.4, 0.5) is 0 Å². The highest BCUT2D eigenvalue weighted by Crippen LogP contribution is 2.19. The van der Waals surface area contributed by atoms with Crippen molar-refractivity contribution in [1.82, 2.24) is 0 Å². The summed E-state index contributed by atoms with van der Waals surface area (Å²) in [4.78, 5) is 0. The fourth-order valence-corrected chi connectivity index (χ4v) is 3.53. The molecule has 0 aliphatic carbocycles. The smallest absolute Gasteiger partial charge is 0.306 e. The Morgan fingerprint density at radius 2 is 1.40 bits per heavy atom. The lowest BCUT2D eigenvalue weighted by Crippen LogP contribution is -1.88. The maximum absolute atomic E-state index is 3.59. The lowest BCUT2D eigenvalue weighted by molar-refractivity contribution is 1.40. The van der Waals surface area contributed by atoms with Crippen LogP contribution in [0.5, 0.6) is 0 Å². The quantitative estimate of drug-likeness (QED) is 0.744. The van der Waals surface area contributed by atoms with Gasteiger partial charge in [-0.2, -0.15) is 0 Å². The summed E-state index contributed by atoms with van der Waals surface area (Å²) in [6.45, 7) is 0. The SMILES string of the molecule is [Br][Mg][CH2]c1ccc(-c2ccccc2)cc1. The molecule has 2 aromatic rings. The van der Waals surface area contributed by atoms with E-state index in [0.29, 0.717) is 0 Å². The molecular formula is C13H11BrMg. The van der Waals surface area contributed by atoms with Crippen molar-refractivity contribution in [1.29, 1.82) is 0 Å². The fourth-order valence-electron chi connectivity index (χ4n) is 1.60. The Kier molecular flexibility index (Phi) is 4.24. The van der Waals surface area contributed by atoms with Crippen molar-refractivity contribution in [3.05, 3.63) is 60.2 Å². The first-order chi connectivity index (χ1) is 7.40. The third-order valence-electron chi connectivity index (χ3n) is 2.44. The highest BCUT2D eigenvalue weighted by Gasteiger charge is 1.97. The van der Waals surface area contributed by atoms with Gasteiger partial charge < -0.3 is 12.9 Å². The summed E-state index contributed by atoms with van der Waals surface area (Å²) in [5, 5.41) is 0. The van der Waals surface area contributed by atoms with Gasteiger partial charge >= 0.3 is 18.2 Å². The van der Waals surface area contributed by atoms with Gasteiger partial charge in [0, 0.05) is 0 Å². The van der Waals surface area contributed by atoms with Crippen molar-refractivity contribution in [2.24, 2.45) is 0 Å². The molecule has 2 heteroatoms. The van der Waals surface area contributed by atoms with Crippen molar-refractivity contribution in [3.63, 3.8) is 0 Å². The first-order valence-corrected chi connectivity index (χ1v) is 10.0. The Morgan fingerprint density at radius 3 is 2.00 bits per heavy atom. The molecule has 2 rings (SSSR count). The Labute approximate surface area is 106 Å². The minimum atomic E-state index is -0.0469. The van der Waals surface area contributed by atoms with Gasteiger partial charge in [0.2, 0.25) is 0 Å². The molecule has 0 radical (unpaired) electrons. The summed E-state index contributed by atoms with van der Waals surface area (Å²) in [6.07, 6.45) is 0. The van der Waals surface area contributed by atoms with Crippen molar-refractivity contribution >= 4 is 31.1 Å². The Morgan fingerprint density at radius 1 is 0.800 bits per heavy atom. The van der Waals surface area contributed by atoms with Crippen LogP contribution in [-0.2, 0) is 4.55 Å². The zero-order valence-corrected chi connectivity index (χ0v) is 11.5.